The summed E-state index contributed by atoms with van der Waals surface area (Å²) in [5.74, 6) is 1.50. The molecule has 6 rings (SSSR count). The number of allylic oxidation sites excluding steroid dienone is 2. The van der Waals surface area contributed by atoms with Gasteiger partial charge in [-0.25, -0.2) is 0 Å². The van der Waals surface area contributed by atoms with Crippen molar-refractivity contribution in [2.45, 2.75) is 25.4 Å². The highest BCUT2D eigenvalue weighted by molar-refractivity contribution is 6.16. The lowest BCUT2D eigenvalue weighted by molar-refractivity contribution is -0.121. The molecule has 32 heavy (non-hydrogen) atoms. The molecule has 4 aliphatic rings. The van der Waals surface area contributed by atoms with Gasteiger partial charge in [-0.05, 0) is 48.8 Å². The summed E-state index contributed by atoms with van der Waals surface area (Å²) in [5, 5.41) is 3.08. The number of nitrogens with zero attached hydrogens (tertiary/aromatic N) is 2. The van der Waals surface area contributed by atoms with Gasteiger partial charge in [0.15, 0.2) is 0 Å². The predicted octanol–water partition coefficient (Wildman–Crippen LogP) is 3.52. The molecule has 2 aliphatic heterocycles. The van der Waals surface area contributed by atoms with Gasteiger partial charge in [0.05, 0.1) is 11.3 Å². The third-order valence-corrected chi connectivity index (χ3v) is 7.44. The van der Waals surface area contributed by atoms with Crippen molar-refractivity contribution in [2.24, 2.45) is 17.8 Å². The molecule has 2 aromatic rings. The number of rotatable bonds is 5. The van der Waals surface area contributed by atoms with Gasteiger partial charge in [-0.15, -0.1) is 0 Å². The maximum absolute atomic E-state index is 13.4. The number of para-hydroxylation sites is 1. The third kappa shape index (κ3) is 2.89. The van der Waals surface area contributed by atoms with Crippen LogP contribution in [0.4, 0.5) is 5.69 Å². The number of benzene rings is 2. The summed E-state index contributed by atoms with van der Waals surface area (Å²) in [6.45, 7) is 0.955. The fourth-order valence-electron chi connectivity index (χ4n) is 5.88. The molecule has 0 spiro atoms. The average molecular weight is 428 g/mol. The quantitative estimate of drug-likeness (QED) is 0.743. The van der Waals surface area contributed by atoms with Crippen molar-refractivity contribution in [3.8, 4) is 0 Å². The zero-order valence-corrected chi connectivity index (χ0v) is 17.7. The van der Waals surface area contributed by atoms with Crippen LogP contribution in [0.25, 0.3) is 0 Å². The average Bonchev–Trinajstić information content (AvgIpc) is 3.52. The Balaban J connectivity index is 1.21. The summed E-state index contributed by atoms with van der Waals surface area (Å²) >= 11 is 0. The topological polar surface area (TPSA) is 69.7 Å². The van der Waals surface area contributed by atoms with Crippen LogP contribution in [-0.4, -0.2) is 35.7 Å². The van der Waals surface area contributed by atoms with Crippen molar-refractivity contribution in [3.05, 3.63) is 77.4 Å². The third-order valence-electron chi connectivity index (χ3n) is 7.44. The first-order valence-corrected chi connectivity index (χ1v) is 11.4. The summed E-state index contributed by atoms with van der Waals surface area (Å²) in [6, 6.07) is 14.6. The zero-order valence-electron chi connectivity index (χ0n) is 17.7. The molecule has 4 atom stereocenters. The summed E-state index contributed by atoms with van der Waals surface area (Å²) in [4.78, 5) is 42.6. The maximum Gasteiger partial charge on any atom is 0.260 e. The van der Waals surface area contributed by atoms with Gasteiger partial charge < -0.3 is 10.2 Å². The van der Waals surface area contributed by atoms with Crippen LogP contribution in [0.15, 0.2) is 60.7 Å². The van der Waals surface area contributed by atoms with Crippen LogP contribution in [0.5, 0.6) is 0 Å². The molecular formula is C26H25N3O3. The van der Waals surface area contributed by atoms with Crippen molar-refractivity contribution in [2.75, 3.05) is 18.0 Å². The molecule has 1 saturated carbocycles. The molecule has 6 nitrogen and oxygen atoms in total. The van der Waals surface area contributed by atoms with Gasteiger partial charge in [0, 0.05) is 30.6 Å². The molecule has 0 saturated heterocycles. The predicted molar refractivity (Wildman–Crippen MR) is 120 cm³/mol. The minimum Gasteiger partial charge on any atom is -0.356 e. The highest BCUT2D eigenvalue weighted by Crippen LogP contribution is 2.45. The molecule has 0 radical (unpaired) electrons. The lowest BCUT2D eigenvalue weighted by Gasteiger charge is -2.40. The van der Waals surface area contributed by atoms with E-state index in [4.69, 9.17) is 0 Å². The minimum atomic E-state index is -0.510. The van der Waals surface area contributed by atoms with Crippen LogP contribution in [0.2, 0.25) is 0 Å². The number of carbonyl (C=O) groups is 3. The molecule has 6 heteroatoms. The van der Waals surface area contributed by atoms with E-state index < -0.39 is 6.17 Å². The number of hydrogen-bond donors (Lipinski definition) is 1. The molecule has 1 fully saturated rings. The van der Waals surface area contributed by atoms with Gasteiger partial charge in [0.25, 0.3) is 11.8 Å². The highest BCUT2D eigenvalue weighted by atomic mass is 16.2. The molecule has 3 amide bonds. The van der Waals surface area contributed by atoms with Crippen molar-refractivity contribution in [3.63, 3.8) is 0 Å². The Morgan fingerprint density at radius 1 is 0.938 bits per heavy atom. The van der Waals surface area contributed by atoms with Gasteiger partial charge in [-0.2, -0.15) is 0 Å². The molecule has 2 aliphatic carbocycles. The number of anilines is 1. The van der Waals surface area contributed by atoms with E-state index in [1.807, 2.05) is 30.3 Å². The number of hydrogen-bond acceptors (Lipinski definition) is 3. The first-order valence-electron chi connectivity index (χ1n) is 11.4. The van der Waals surface area contributed by atoms with Crippen LogP contribution in [0.3, 0.4) is 0 Å². The van der Waals surface area contributed by atoms with Crippen LogP contribution in [0, 0.1) is 17.8 Å². The SMILES string of the molecule is O=C(CCN1C(=O)c2ccccc2N2C(=O)c3ccccc3[C@@H]12)NC[C@H]1C[C@H]2C=C[C@H]1C2. The van der Waals surface area contributed by atoms with Gasteiger partial charge in [0.1, 0.15) is 6.17 Å². The van der Waals surface area contributed by atoms with Crippen LogP contribution in [0.1, 0.15) is 51.7 Å². The molecule has 162 valence electrons. The second-order valence-corrected chi connectivity index (χ2v) is 9.25. The van der Waals surface area contributed by atoms with Crippen molar-refractivity contribution in [1.29, 1.82) is 0 Å². The molecule has 0 aromatic heterocycles. The van der Waals surface area contributed by atoms with E-state index in [2.05, 4.69) is 17.5 Å². The summed E-state index contributed by atoms with van der Waals surface area (Å²) in [5.41, 5.74) is 2.56. The standard InChI is InChI=1S/C26H25N3O3/c30-23(27-15-18-14-16-9-10-17(18)13-16)11-12-28-24-19-5-1-2-6-20(19)26(32)29(24)22-8-4-3-7-21(22)25(28)31/h1-10,16-18,24H,11-15H2,(H,27,30)/t16-,17-,18+,24-/m0/s1. The Morgan fingerprint density at radius 3 is 2.50 bits per heavy atom. The van der Waals surface area contributed by atoms with Crippen molar-refractivity contribution in [1.82, 2.24) is 10.2 Å². The summed E-state index contributed by atoms with van der Waals surface area (Å²) < 4.78 is 0. The Labute approximate surface area is 186 Å². The lowest BCUT2D eigenvalue weighted by Crippen LogP contribution is -2.49. The number of carbonyl (C=O) groups excluding carboxylic acids is 3. The van der Waals surface area contributed by atoms with E-state index >= 15 is 0 Å². The Morgan fingerprint density at radius 2 is 1.72 bits per heavy atom. The molecule has 2 heterocycles. The number of nitrogens with one attached hydrogen (secondary N) is 1. The van der Waals surface area contributed by atoms with Crippen LogP contribution >= 0.6 is 0 Å². The van der Waals surface area contributed by atoms with Crippen molar-refractivity contribution < 1.29 is 14.4 Å². The smallest absolute Gasteiger partial charge is 0.260 e. The number of fused-ring (bicyclic) bond motifs is 7. The van der Waals surface area contributed by atoms with E-state index in [1.54, 1.807) is 28.0 Å². The molecular weight excluding hydrogens is 402 g/mol. The van der Waals surface area contributed by atoms with E-state index in [9.17, 15) is 14.4 Å². The van der Waals surface area contributed by atoms with Crippen LogP contribution < -0.4 is 10.2 Å². The van der Waals surface area contributed by atoms with E-state index in [1.165, 1.54) is 6.42 Å². The Hall–Kier alpha value is -3.41. The monoisotopic (exact) mass is 427 g/mol. The lowest BCUT2D eigenvalue weighted by atomic mass is 9.93. The first kappa shape index (κ1) is 19.3. The molecule has 2 aromatic carbocycles. The molecule has 1 N–H and O–H groups in total. The normalized spacial score (nSPS) is 26.9. The van der Waals surface area contributed by atoms with Gasteiger partial charge >= 0.3 is 0 Å². The Kier molecular flexibility index (Phi) is 4.42. The summed E-state index contributed by atoms with van der Waals surface area (Å²) in [7, 11) is 0. The van der Waals surface area contributed by atoms with Gasteiger partial charge in [-0.1, -0.05) is 42.5 Å². The van der Waals surface area contributed by atoms with Gasteiger partial charge in [-0.3, -0.25) is 19.3 Å². The van der Waals surface area contributed by atoms with Gasteiger partial charge in [0.2, 0.25) is 5.91 Å². The largest absolute Gasteiger partial charge is 0.356 e. The zero-order chi connectivity index (χ0) is 21.8. The summed E-state index contributed by atoms with van der Waals surface area (Å²) in [6.07, 6.45) is 6.66. The van der Waals surface area contributed by atoms with E-state index in [-0.39, 0.29) is 30.7 Å². The molecule has 0 unspecified atom stereocenters. The number of amides is 3. The first-order chi connectivity index (χ1) is 15.6. The maximum atomic E-state index is 13.4. The second-order valence-electron chi connectivity index (χ2n) is 9.25. The second kappa shape index (κ2) is 7.33. The highest BCUT2D eigenvalue weighted by Gasteiger charge is 2.47. The fraction of sp³-hybridized carbons (Fsp3) is 0.346. The molecule has 2 bridgehead atoms. The Bertz CT molecular complexity index is 1160. The van der Waals surface area contributed by atoms with E-state index in [0.717, 1.165) is 12.0 Å². The van der Waals surface area contributed by atoms with Crippen molar-refractivity contribution >= 4 is 23.4 Å². The fourth-order valence-corrected chi connectivity index (χ4v) is 5.88. The van der Waals surface area contributed by atoms with E-state index in [0.29, 0.717) is 41.1 Å². The van der Waals surface area contributed by atoms with Crippen LogP contribution in [-0.2, 0) is 4.79 Å². The minimum absolute atomic E-state index is 0.0485.